The smallest absolute Gasteiger partial charge is 0.307 e. The molecule has 0 saturated carbocycles. The number of nitrogens with zero attached hydrogens (tertiary/aromatic N) is 2. The summed E-state index contributed by atoms with van der Waals surface area (Å²) < 4.78 is 4.47. The van der Waals surface area contributed by atoms with E-state index in [4.69, 9.17) is 5.73 Å². The maximum Gasteiger partial charge on any atom is 0.307 e. The largest absolute Gasteiger partial charge is 0.469 e. The number of rotatable bonds is 3. The van der Waals surface area contributed by atoms with Gasteiger partial charge in [0.15, 0.2) is 0 Å². The zero-order valence-corrected chi connectivity index (χ0v) is 7.30. The molecule has 0 unspecified atom stereocenters. The second-order valence-corrected chi connectivity index (χ2v) is 2.49. The number of nitrogens with two attached hydrogens (primary N) is 1. The molecule has 0 aromatic carbocycles. The maximum absolute atomic E-state index is 10.8. The van der Waals surface area contributed by atoms with Gasteiger partial charge in [-0.2, -0.15) is 0 Å². The lowest BCUT2D eigenvalue weighted by atomic mass is 10.2. The molecule has 0 fully saturated rings. The summed E-state index contributed by atoms with van der Waals surface area (Å²) in [5, 5.41) is 0. The van der Waals surface area contributed by atoms with Gasteiger partial charge in [0.05, 0.1) is 19.6 Å². The van der Waals surface area contributed by atoms with Crippen LogP contribution in [0.4, 0.5) is 0 Å². The lowest BCUT2D eigenvalue weighted by Gasteiger charge is -2.07. The SMILES string of the molecule is COC(=O)C[C@@H](N)c1ncccn1. The third kappa shape index (κ3) is 2.79. The summed E-state index contributed by atoms with van der Waals surface area (Å²) in [6.45, 7) is 0. The van der Waals surface area contributed by atoms with Crippen LogP contribution in [-0.4, -0.2) is 23.0 Å². The minimum Gasteiger partial charge on any atom is -0.469 e. The molecule has 2 N–H and O–H groups in total. The predicted molar refractivity (Wildman–Crippen MR) is 45.6 cm³/mol. The fourth-order valence-corrected chi connectivity index (χ4v) is 0.856. The lowest BCUT2D eigenvalue weighted by molar-refractivity contribution is -0.141. The Bertz CT molecular complexity index is 276. The van der Waals surface area contributed by atoms with E-state index < -0.39 is 6.04 Å². The first-order valence-electron chi connectivity index (χ1n) is 3.83. The average molecular weight is 181 g/mol. The molecule has 0 aliphatic heterocycles. The molecule has 0 spiro atoms. The Morgan fingerprint density at radius 3 is 2.77 bits per heavy atom. The highest BCUT2D eigenvalue weighted by Gasteiger charge is 2.13. The fourth-order valence-electron chi connectivity index (χ4n) is 0.856. The Morgan fingerprint density at radius 1 is 1.62 bits per heavy atom. The van der Waals surface area contributed by atoms with Gasteiger partial charge in [-0.25, -0.2) is 9.97 Å². The molecule has 5 nitrogen and oxygen atoms in total. The van der Waals surface area contributed by atoms with Gasteiger partial charge in [-0.15, -0.1) is 0 Å². The molecule has 0 amide bonds. The molecule has 70 valence electrons. The second kappa shape index (κ2) is 4.51. The highest BCUT2D eigenvalue weighted by atomic mass is 16.5. The third-order valence-electron chi connectivity index (χ3n) is 1.53. The Kier molecular flexibility index (Phi) is 3.33. The first kappa shape index (κ1) is 9.60. The van der Waals surface area contributed by atoms with E-state index >= 15 is 0 Å². The van der Waals surface area contributed by atoms with Crippen molar-refractivity contribution in [2.24, 2.45) is 5.73 Å². The van der Waals surface area contributed by atoms with Crippen LogP contribution in [0, 0.1) is 0 Å². The number of esters is 1. The number of ether oxygens (including phenoxy) is 1. The van der Waals surface area contributed by atoms with Crippen molar-refractivity contribution < 1.29 is 9.53 Å². The van der Waals surface area contributed by atoms with Crippen LogP contribution in [0.2, 0.25) is 0 Å². The van der Waals surface area contributed by atoms with Gasteiger partial charge in [0.1, 0.15) is 5.82 Å². The van der Waals surface area contributed by atoms with Crippen molar-refractivity contribution in [2.45, 2.75) is 12.5 Å². The molecule has 13 heavy (non-hydrogen) atoms. The van der Waals surface area contributed by atoms with Gasteiger partial charge in [-0.05, 0) is 6.07 Å². The van der Waals surface area contributed by atoms with Crippen LogP contribution in [0.5, 0.6) is 0 Å². The minimum absolute atomic E-state index is 0.0977. The first-order valence-corrected chi connectivity index (χ1v) is 3.83. The molecule has 5 heteroatoms. The topological polar surface area (TPSA) is 78.1 Å². The van der Waals surface area contributed by atoms with Crippen LogP contribution in [-0.2, 0) is 9.53 Å². The Balaban J connectivity index is 2.59. The van der Waals surface area contributed by atoms with E-state index in [0.717, 1.165) is 0 Å². The van der Waals surface area contributed by atoms with Gasteiger partial charge in [0, 0.05) is 12.4 Å². The van der Waals surface area contributed by atoms with Crippen LogP contribution in [0.3, 0.4) is 0 Å². The molecule has 1 aromatic heterocycles. The molecule has 0 radical (unpaired) electrons. The zero-order valence-electron chi connectivity index (χ0n) is 7.30. The summed E-state index contributed by atoms with van der Waals surface area (Å²) >= 11 is 0. The van der Waals surface area contributed by atoms with Crippen molar-refractivity contribution in [3.8, 4) is 0 Å². The summed E-state index contributed by atoms with van der Waals surface area (Å²) in [7, 11) is 1.32. The number of carbonyl (C=O) groups is 1. The van der Waals surface area contributed by atoms with Crippen LogP contribution < -0.4 is 5.73 Å². The molecular weight excluding hydrogens is 170 g/mol. The van der Waals surface area contributed by atoms with Gasteiger partial charge in [-0.3, -0.25) is 4.79 Å². The fraction of sp³-hybridized carbons (Fsp3) is 0.375. The van der Waals surface area contributed by atoms with Crippen molar-refractivity contribution in [3.05, 3.63) is 24.3 Å². The second-order valence-electron chi connectivity index (χ2n) is 2.49. The molecule has 1 aromatic rings. The van der Waals surface area contributed by atoms with E-state index in [0.29, 0.717) is 5.82 Å². The van der Waals surface area contributed by atoms with E-state index in [1.165, 1.54) is 7.11 Å². The van der Waals surface area contributed by atoms with Crippen molar-refractivity contribution in [3.63, 3.8) is 0 Å². The Morgan fingerprint density at radius 2 is 2.23 bits per heavy atom. The van der Waals surface area contributed by atoms with Crippen LogP contribution in [0.1, 0.15) is 18.3 Å². The van der Waals surface area contributed by atoms with Crippen LogP contribution in [0.25, 0.3) is 0 Å². The standard InChI is InChI=1S/C8H11N3O2/c1-13-7(12)5-6(9)8-10-3-2-4-11-8/h2-4,6H,5,9H2,1H3/t6-/m1/s1. The van der Waals surface area contributed by atoms with E-state index in [9.17, 15) is 4.79 Å². The molecule has 0 aliphatic carbocycles. The molecule has 1 atom stereocenters. The summed E-state index contributed by atoms with van der Waals surface area (Å²) in [5.74, 6) is 0.0906. The van der Waals surface area contributed by atoms with Gasteiger partial charge in [0.2, 0.25) is 0 Å². The van der Waals surface area contributed by atoms with Crippen molar-refractivity contribution >= 4 is 5.97 Å². The van der Waals surface area contributed by atoms with Crippen molar-refractivity contribution in [2.75, 3.05) is 7.11 Å². The first-order chi connectivity index (χ1) is 6.24. The monoisotopic (exact) mass is 181 g/mol. The van der Waals surface area contributed by atoms with Crippen molar-refractivity contribution in [1.82, 2.24) is 9.97 Å². The normalized spacial score (nSPS) is 12.2. The molecule has 0 saturated heterocycles. The average Bonchev–Trinajstić information content (AvgIpc) is 2.19. The highest BCUT2D eigenvalue weighted by Crippen LogP contribution is 2.07. The Hall–Kier alpha value is -1.49. The van der Waals surface area contributed by atoms with E-state index in [2.05, 4.69) is 14.7 Å². The van der Waals surface area contributed by atoms with Gasteiger partial charge in [0.25, 0.3) is 0 Å². The van der Waals surface area contributed by atoms with Crippen molar-refractivity contribution in [1.29, 1.82) is 0 Å². The highest BCUT2D eigenvalue weighted by molar-refractivity contribution is 5.69. The third-order valence-corrected chi connectivity index (χ3v) is 1.53. The van der Waals surface area contributed by atoms with Crippen LogP contribution >= 0.6 is 0 Å². The lowest BCUT2D eigenvalue weighted by Crippen LogP contribution is -2.18. The van der Waals surface area contributed by atoms with Crippen LogP contribution in [0.15, 0.2) is 18.5 Å². The zero-order chi connectivity index (χ0) is 9.68. The van der Waals surface area contributed by atoms with Gasteiger partial charge in [-0.1, -0.05) is 0 Å². The van der Waals surface area contributed by atoms with E-state index in [-0.39, 0.29) is 12.4 Å². The molecular formula is C8H11N3O2. The summed E-state index contributed by atoms with van der Waals surface area (Å²) in [6.07, 6.45) is 3.26. The summed E-state index contributed by atoms with van der Waals surface area (Å²) in [5.41, 5.74) is 5.65. The van der Waals surface area contributed by atoms with E-state index in [1.54, 1.807) is 18.5 Å². The predicted octanol–water partition coefficient (Wildman–Crippen LogP) is 0.0395. The number of hydrogen-bond donors (Lipinski definition) is 1. The quantitative estimate of drug-likeness (QED) is 0.666. The van der Waals surface area contributed by atoms with Gasteiger partial charge >= 0.3 is 5.97 Å². The molecule has 1 rings (SSSR count). The van der Waals surface area contributed by atoms with E-state index in [1.807, 2.05) is 0 Å². The summed E-state index contributed by atoms with van der Waals surface area (Å²) in [6, 6.07) is 1.20. The molecule has 0 aliphatic rings. The number of hydrogen-bond acceptors (Lipinski definition) is 5. The number of carbonyl (C=O) groups excluding carboxylic acids is 1. The molecule has 1 heterocycles. The molecule has 0 bridgehead atoms. The number of methoxy groups -OCH3 is 1. The minimum atomic E-state index is -0.492. The van der Waals surface area contributed by atoms with Gasteiger partial charge < -0.3 is 10.5 Å². The summed E-state index contributed by atoms with van der Waals surface area (Å²) in [4.78, 5) is 18.7. The maximum atomic E-state index is 10.8. The Labute approximate surface area is 75.9 Å². The number of aromatic nitrogens is 2.